The number of nitrogens with one attached hydrogen (secondary N) is 1. The van der Waals surface area contributed by atoms with Crippen LogP contribution in [0.5, 0.6) is 5.75 Å². The highest BCUT2D eigenvalue weighted by Gasteiger charge is 2.07. The summed E-state index contributed by atoms with van der Waals surface area (Å²) in [6.45, 7) is 3.27. The second-order valence-corrected chi connectivity index (χ2v) is 3.38. The molecule has 0 aliphatic heterocycles. The standard InChI is InChI=1S/C12H15NO3/c1-8(12(14)15)9(2)13-10-6-4-5-7-11(10)16-3/h4-7,13H,1-3H3,(H,14,15). The van der Waals surface area contributed by atoms with Gasteiger partial charge in [-0.15, -0.1) is 0 Å². The Balaban J connectivity index is 2.97. The second-order valence-electron chi connectivity index (χ2n) is 3.38. The number of carboxylic acid groups (broad SMARTS) is 1. The Morgan fingerprint density at radius 2 is 1.94 bits per heavy atom. The minimum absolute atomic E-state index is 0.283. The molecular weight excluding hydrogens is 206 g/mol. The van der Waals surface area contributed by atoms with Crippen LogP contribution in [0, 0.1) is 0 Å². The maximum Gasteiger partial charge on any atom is 0.333 e. The minimum Gasteiger partial charge on any atom is -0.495 e. The topological polar surface area (TPSA) is 58.6 Å². The fraction of sp³-hybridized carbons (Fsp3) is 0.250. The van der Waals surface area contributed by atoms with Crippen LogP contribution in [-0.2, 0) is 4.79 Å². The highest BCUT2D eigenvalue weighted by atomic mass is 16.5. The van der Waals surface area contributed by atoms with Crippen LogP contribution in [0.1, 0.15) is 13.8 Å². The zero-order valence-corrected chi connectivity index (χ0v) is 9.57. The number of methoxy groups -OCH3 is 1. The summed E-state index contributed by atoms with van der Waals surface area (Å²) in [7, 11) is 1.57. The van der Waals surface area contributed by atoms with Gasteiger partial charge in [0.15, 0.2) is 0 Å². The number of anilines is 1. The predicted octanol–water partition coefficient (Wildman–Crippen LogP) is 2.49. The number of allylic oxidation sites excluding steroid dienone is 1. The first-order valence-corrected chi connectivity index (χ1v) is 4.87. The zero-order valence-electron chi connectivity index (χ0n) is 9.57. The molecule has 0 saturated heterocycles. The van der Waals surface area contributed by atoms with Gasteiger partial charge in [-0.1, -0.05) is 12.1 Å². The molecule has 2 N–H and O–H groups in total. The molecule has 0 atom stereocenters. The average molecular weight is 221 g/mol. The molecule has 1 rings (SSSR count). The molecule has 0 amide bonds. The van der Waals surface area contributed by atoms with E-state index in [1.807, 2.05) is 24.3 Å². The van der Waals surface area contributed by atoms with Gasteiger partial charge in [0.25, 0.3) is 0 Å². The van der Waals surface area contributed by atoms with E-state index >= 15 is 0 Å². The molecule has 0 radical (unpaired) electrons. The number of ether oxygens (including phenoxy) is 1. The zero-order chi connectivity index (χ0) is 12.1. The molecule has 0 aliphatic carbocycles. The lowest BCUT2D eigenvalue weighted by Gasteiger charge is -2.12. The van der Waals surface area contributed by atoms with Gasteiger partial charge in [-0.2, -0.15) is 0 Å². The van der Waals surface area contributed by atoms with Crippen LogP contribution in [0.4, 0.5) is 5.69 Å². The molecule has 0 fully saturated rings. The Labute approximate surface area is 94.6 Å². The Morgan fingerprint density at radius 3 is 2.50 bits per heavy atom. The van der Waals surface area contributed by atoms with Crippen molar-refractivity contribution in [2.75, 3.05) is 12.4 Å². The van der Waals surface area contributed by atoms with Gasteiger partial charge >= 0.3 is 5.97 Å². The fourth-order valence-corrected chi connectivity index (χ4v) is 1.20. The quantitative estimate of drug-likeness (QED) is 0.767. The smallest absolute Gasteiger partial charge is 0.333 e. The van der Waals surface area contributed by atoms with Crippen molar-refractivity contribution in [2.45, 2.75) is 13.8 Å². The second kappa shape index (κ2) is 5.21. The molecule has 0 aromatic heterocycles. The predicted molar refractivity (Wildman–Crippen MR) is 62.6 cm³/mol. The molecule has 0 aliphatic rings. The number of hydrogen-bond donors (Lipinski definition) is 2. The minimum atomic E-state index is -0.931. The van der Waals surface area contributed by atoms with Gasteiger partial charge in [0, 0.05) is 5.70 Å². The van der Waals surface area contributed by atoms with E-state index in [2.05, 4.69) is 5.32 Å². The lowest BCUT2D eigenvalue weighted by atomic mass is 10.2. The molecule has 4 nitrogen and oxygen atoms in total. The van der Waals surface area contributed by atoms with Crippen molar-refractivity contribution in [2.24, 2.45) is 0 Å². The van der Waals surface area contributed by atoms with Gasteiger partial charge in [0.05, 0.1) is 18.4 Å². The van der Waals surface area contributed by atoms with E-state index in [0.717, 1.165) is 5.69 Å². The van der Waals surface area contributed by atoms with Crippen molar-refractivity contribution in [3.63, 3.8) is 0 Å². The van der Waals surface area contributed by atoms with E-state index in [1.54, 1.807) is 21.0 Å². The SMILES string of the molecule is COc1ccccc1NC(C)=C(C)C(=O)O. The number of para-hydroxylation sites is 2. The molecule has 86 valence electrons. The molecule has 0 saturated carbocycles. The lowest BCUT2D eigenvalue weighted by Crippen LogP contribution is -2.06. The number of aliphatic carboxylic acids is 1. The number of carboxylic acids is 1. The van der Waals surface area contributed by atoms with Crippen LogP contribution in [0.25, 0.3) is 0 Å². The van der Waals surface area contributed by atoms with E-state index in [1.165, 1.54) is 0 Å². The molecule has 4 heteroatoms. The number of hydrogen-bond acceptors (Lipinski definition) is 3. The van der Waals surface area contributed by atoms with Crippen molar-refractivity contribution in [1.29, 1.82) is 0 Å². The van der Waals surface area contributed by atoms with Gasteiger partial charge in [0.2, 0.25) is 0 Å². The van der Waals surface area contributed by atoms with Gasteiger partial charge in [-0.25, -0.2) is 4.79 Å². The Morgan fingerprint density at radius 1 is 1.31 bits per heavy atom. The third-order valence-corrected chi connectivity index (χ3v) is 2.31. The molecule has 1 aromatic carbocycles. The molecule has 0 spiro atoms. The van der Waals surface area contributed by atoms with Gasteiger partial charge in [-0.05, 0) is 26.0 Å². The summed E-state index contributed by atoms with van der Waals surface area (Å²) < 4.78 is 5.15. The monoisotopic (exact) mass is 221 g/mol. The summed E-state index contributed by atoms with van der Waals surface area (Å²) in [4.78, 5) is 10.8. The highest BCUT2D eigenvalue weighted by molar-refractivity contribution is 5.87. The third-order valence-electron chi connectivity index (χ3n) is 2.31. The number of rotatable bonds is 4. The average Bonchev–Trinajstić information content (AvgIpc) is 2.28. The first kappa shape index (κ1) is 12.1. The van der Waals surface area contributed by atoms with Gasteiger partial charge in [0.1, 0.15) is 5.75 Å². The van der Waals surface area contributed by atoms with Crippen LogP contribution in [0.3, 0.4) is 0 Å². The van der Waals surface area contributed by atoms with Crippen LogP contribution >= 0.6 is 0 Å². The normalized spacial score (nSPS) is 11.7. The first-order chi connectivity index (χ1) is 7.56. The Hall–Kier alpha value is -1.97. The van der Waals surface area contributed by atoms with Crippen molar-refractivity contribution < 1.29 is 14.6 Å². The maximum absolute atomic E-state index is 10.8. The highest BCUT2D eigenvalue weighted by Crippen LogP contribution is 2.24. The third kappa shape index (κ3) is 2.76. The van der Waals surface area contributed by atoms with E-state index in [4.69, 9.17) is 9.84 Å². The first-order valence-electron chi connectivity index (χ1n) is 4.87. The number of carbonyl (C=O) groups is 1. The number of benzene rings is 1. The van der Waals surface area contributed by atoms with E-state index in [0.29, 0.717) is 11.4 Å². The van der Waals surface area contributed by atoms with Crippen molar-refractivity contribution in [3.05, 3.63) is 35.5 Å². The summed E-state index contributed by atoms with van der Waals surface area (Å²) in [6, 6.07) is 7.35. The molecule has 0 bridgehead atoms. The molecule has 16 heavy (non-hydrogen) atoms. The summed E-state index contributed by atoms with van der Waals surface area (Å²) in [6.07, 6.45) is 0. The Bertz CT molecular complexity index is 424. The summed E-state index contributed by atoms with van der Waals surface area (Å²) in [5.41, 5.74) is 1.63. The van der Waals surface area contributed by atoms with Crippen molar-refractivity contribution >= 4 is 11.7 Å². The molecular formula is C12H15NO3. The molecule has 0 heterocycles. The summed E-state index contributed by atoms with van der Waals surface area (Å²) in [5, 5.41) is 11.8. The van der Waals surface area contributed by atoms with Crippen molar-refractivity contribution in [3.8, 4) is 5.75 Å². The van der Waals surface area contributed by atoms with Crippen molar-refractivity contribution in [1.82, 2.24) is 0 Å². The van der Waals surface area contributed by atoms with E-state index < -0.39 is 5.97 Å². The van der Waals surface area contributed by atoms with Crippen LogP contribution < -0.4 is 10.1 Å². The molecule has 0 unspecified atom stereocenters. The maximum atomic E-state index is 10.8. The molecule has 1 aromatic rings. The van der Waals surface area contributed by atoms with E-state index in [-0.39, 0.29) is 5.57 Å². The van der Waals surface area contributed by atoms with Gasteiger partial charge in [-0.3, -0.25) is 0 Å². The van der Waals surface area contributed by atoms with Gasteiger partial charge < -0.3 is 15.2 Å². The summed E-state index contributed by atoms with van der Waals surface area (Å²) >= 11 is 0. The Kier molecular flexibility index (Phi) is 3.94. The van der Waals surface area contributed by atoms with Crippen LogP contribution in [0.15, 0.2) is 35.5 Å². The van der Waals surface area contributed by atoms with Crippen LogP contribution in [0.2, 0.25) is 0 Å². The largest absolute Gasteiger partial charge is 0.495 e. The van der Waals surface area contributed by atoms with Crippen LogP contribution in [-0.4, -0.2) is 18.2 Å². The fourth-order valence-electron chi connectivity index (χ4n) is 1.20. The van der Waals surface area contributed by atoms with E-state index in [9.17, 15) is 4.79 Å². The summed E-state index contributed by atoms with van der Waals surface area (Å²) in [5.74, 6) is -0.250. The lowest BCUT2D eigenvalue weighted by molar-refractivity contribution is -0.132.